The van der Waals surface area contributed by atoms with Gasteiger partial charge in [-0.25, -0.2) is 14.4 Å². The normalized spacial score (nSPS) is 11.6. The summed E-state index contributed by atoms with van der Waals surface area (Å²) >= 11 is 6.98. The van der Waals surface area contributed by atoms with Crippen LogP contribution in [0.1, 0.15) is 15.9 Å². The Hall–Kier alpha value is -3.22. The van der Waals surface area contributed by atoms with E-state index in [0.717, 1.165) is 26.0 Å². The smallest absolute Gasteiger partial charge is 0.194 e. The fourth-order valence-electron chi connectivity index (χ4n) is 4.35. The summed E-state index contributed by atoms with van der Waals surface area (Å²) < 4.78 is 15.4. The highest BCUT2D eigenvalue weighted by Gasteiger charge is 2.21. The van der Waals surface area contributed by atoms with E-state index >= 15 is 0 Å². The Morgan fingerprint density at radius 3 is 2.30 bits per heavy atom. The minimum Gasteiger partial charge on any atom is -0.289 e. The van der Waals surface area contributed by atoms with Crippen molar-refractivity contribution in [1.82, 2.24) is 9.97 Å². The molecule has 158 valence electrons. The Balaban J connectivity index is 1.80. The third-order valence-electron chi connectivity index (χ3n) is 5.82. The number of hydrogen-bond donors (Lipinski definition) is 0. The predicted octanol–water partition coefficient (Wildman–Crippen LogP) is 7.98. The van der Waals surface area contributed by atoms with Crippen LogP contribution >= 0.6 is 31.9 Å². The lowest BCUT2D eigenvalue weighted by Crippen LogP contribution is -2.05. The van der Waals surface area contributed by atoms with Gasteiger partial charge in [0.25, 0.3) is 0 Å². The molecule has 0 N–H and O–H groups in total. The molecule has 1 aromatic heterocycles. The zero-order valence-electron chi connectivity index (χ0n) is 16.9. The molecule has 0 fully saturated rings. The number of carbonyl (C=O) groups excluding carboxylic acids is 1. The highest BCUT2D eigenvalue weighted by Crippen LogP contribution is 2.37. The van der Waals surface area contributed by atoms with Crippen LogP contribution in [0, 0.1) is 5.82 Å². The molecule has 1 heterocycles. The number of ketones is 1. The first-order valence-electron chi connectivity index (χ1n) is 10.2. The molecule has 0 aliphatic carbocycles. The van der Waals surface area contributed by atoms with E-state index in [2.05, 4.69) is 31.9 Å². The van der Waals surface area contributed by atoms with Crippen LogP contribution in [-0.4, -0.2) is 15.8 Å². The molecule has 0 bridgehead atoms. The van der Waals surface area contributed by atoms with Crippen molar-refractivity contribution >= 4 is 81.3 Å². The largest absolute Gasteiger partial charge is 0.289 e. The van der Waals surface area contributed by atoms with Gasteiger partial charge in [-0.15, -0.1) is 0 Å². The van der Waals surface area contributed by atoms with Gasteiger partial charge in [0.2, 0.25) is 0 Å². The van der Waals surface area contributed by atoms with Gasteiger partial charge in [0, 0.05) is 36.9 Å². The van der Waals surface area contributed by atoms with E-state index < -0.39 is 0 Å². The van der Waals surface area contributed by atoms with Crippen molar-refractivity contribution in [2.24, 2.45) is 0 Å². The summed E-state index contributed by atoms with van der Waals surface area (Å²) in [6, 6.07) is 23.5. The van der Waals surface area contributed by atoms with Crippen LogP contribution in [-0.2, 0) is 0 Å². The minimum absolute atomic E-state index is 0.119. The van der Waals surface area contributed by atoms with Gasteiger partial charge in [0.15, 0.2) is 5.78 Å². The topological polar surface area (TPSA) is 42.9 Å². The lowest BCUT2D eigenvalue weighted by Gasteiger charge is -2.14. The van der Waals surface area contributed by atoms with E-state index in [-0.39, 0.29) is 11.6 Å². The Morgan fingerprint density at radius 1 is 0.697 bits per heavy atom. The van der Waals surface area contributed by atoms with Crippen molar-refractivity contribution in [3.05, 3.63) is 105 Å². The number of carbonyl (C=O) groups is 1. The highest BCUT2D eigenvalue weighted by molar-refractivity contribution is 9.11. The van der Waals surface area contributed by atoms with Crippen LogP contribution in [0.5, 0.6) is 0 Å². The molecule has 5 aromatic carbocycles. The SMILES string of the molecule is O=C(c1cc(Br)ccc1Br)c1cccc2c3ccccc3c3nc4cc(F)ccc4nc3c12. The molecule has 0 amide bonds. The molecule has 6 heteroatoms. The van der Waals surface area contributed by atoms with Gasteiger partial charge >= 0.3 is 0 Å². The van der Waals surface area contributed by atoms with Gasteiger partial charge in [0.05, 0.1) is 22.1 Å². The van der Waals surface area contributed by atoms with E-state index in [0.29, 0.717) is 37.7 Å². The average Bonchev–Trinajstić information content (AvgIpc) is 2.84. The first-order valence-corrected chi connectivity index (χ1v) is 11.8. The van der Waals surface area contributed by atoms with Crippen molar-refractivity contribution in [2.75, 3.05) is 0 Å². The third-order valence-corrected chi connectivity index (χ3v) is 7.00. The van der Waals surface area contributed by atoms with E-state index in [1.54, 1.807) is 12.1 Å². The second kappa shape index (κ2) is 7.68. The molecule has 6 rings (SSSR count). The average molecular weight is 560 g/mol. The maximum Gasteiger partial charge on any atom is 0.194 e. The quantitative estimate of drug-likeness (QED) is 0.123. The summed E-state index contributed by atoms with van der Waals surface area (Å²) in [4.78, 5) is 23.4. The summed E-state index contributed by atoms with van der Waals surface area (Å²) in [6.07, 6.45) is 0. The summed E-state index contributed by atoms with van der Waals surface area (Å²) in [6.45, 7) is 0. The van der Waals surface area contributed by atoms with E-state index in [4.69, 9.17) is 9.97 Å². The molecule has 6 aromatic rings. The molecular weight excluding hydrogens is 547 g/mol. The Morgan fingerprint density at radius 2 is 1.45 bits per heavy atom. The van der Waals surface area contributed by atoms with Crippen LogP contribution in [0.2, 0.25) is 0 Å². The third kappa shape index (κ3) is 3.24. The Kier molecular flexibility index (Phi) is 4.75. The first kappa shape index (κ1) is 20.4. The molecule has 33 heavy (non-hydrogen) atoms. The molecule has 0 aliphatic heterocycles. The zero-order chi connectivity index (χ0) is 22.7. The van der Waals surface area contributed by atoms with Crippen LogP contribution < -0.4 is 0 Å². The van der Waals surface area contributed by atoms with E-state index in [1.807, 2.05) is 54.6 Å². The molecule has 0 unspecified atom stereocenters. The Labute approximate surface area is 204 Å². The number of fused-ring (bicyclic) bond motifs is 7. The van der Waals surface area contributed by atoms with Crippen LogP contribution in [0.25, 0.3) is 43.6 Å². The van der Waals surface area contributed by atoms with E-state index in [1.165, 1.54) is 12.1 Å². The first-order chi connectivity index (χ1) is 16.0. The van der Waals surface area contributed by atoms with Gasteiger partial charge in [0.1, 0.15) is 5.82 Å². The number of benzene rings is 5. The van der Waals surface area contributed by atoms with Gasteiger partial charge < -0.3 is 0 Å². The summed E-state index contributed by atoms with van der Waals surface area (Å²) in [5.74, 6) is -0.483. The number of hydrogen-bond acceptors (Lipinski definition) is 3. The summed E-state index contributed by atoms with van der Waals surface area (Å²) in [5.41, 5.74) is 3.41. The van der Waals surface area contributed by atoms with Crippen molar-refractivity contribution in [3.8, 4) is 0 Å². The molecule has 0 aliphatic rings. The molecule has 0 radical (unpaired) electrons. The monoisotopic (exact) mass is 558 g/mol. The standard InChI is InChI=1S/C27H13Br2FN2O/c28-14-8-10-21(29)20(12-14)27(33)19-7-3-6-17-16-4-1-2-5-18(16)25-26(24(17)19)31-22-11-9-15(30)13-23(22)32-25/h1-13H. The van der Waals surface area contributed by atoms with Crippen LogP contribution in [0.15, 0.2) is 87.8 Å². The second-order valence-corrected chi connectivity index (χ2v) is 9.55. The van der Waals surface area contributed by atoms with Crippen molar-refractivity contribution < 1.29 is 9.18 Å². The molecule has 3 nitrogen and oxygen atoms in total. The van der Waals surface area contributed by atoms with Crippen molar-refractivity contribution in [1.29, 1.82) is 0 Å². The minimum atomic E-state index is -0.364. The molecule has 0 saturated carbocycles. The maximum atomic E-state index is 13.9. The fraction of sp³-hybridized carbons (Fsp3) is 0. The summed E-state index contributed by atoms with van der Waals surface area (Å²) in [7, 11) is 0. The lowest BCUT2D eigenvalue weighted by atomic mass is 9.92. The molecule has 0 saturated heterocycles. The molecule has 0 atom stereocenters. The van der Waals surface area contributed by atoms with Crippen LogP contribution in [0.4, 0.5) is 4.39 Å². The molecule has 0 spiro atoms. The lowest BCUT2D eigenvalue weighted by molar-refractivity contribution is 0.103. The van der Waals surface area contributed by atoms with Gasteiger partial charge in [-0.1, -0.05) is 74.3 Å². The van der Waals surface area contributed by atoms with Gasteiger partial charge in [-0.3, -0.25) is 4.79 Å². The number of rotatable bonds is 2. The number of aromatic nitrogens is 2. The van der Waals surface area contributed by atoms with Crippen molar-refractivity contribution in [3.63, 3.8) is 0 Å². The maximum absolute atomic E-state index is 13.9. The van der Waals surface area contributed by atoms with Crippen LogP contribution in [0.3, 0.4) is 0 Å². The zero-order valence-corrected chi connectivity index (χ0v) is 20.1. The predicted molar refractivity (Wildman–Crippen MR) is 137 cm³/mol. The number of halogens is 3. The number of nitrogens with zero attached hydrogens (tertiary/aromatic N) is 2. The van der Waals surface area contributed by atoms with Gasteiger partial charge in [-0.2, -0.15) is 0 Å². The summed E-state index contributed by atoms with van der Waals surface area (Å²) in [5, 5.41) is 3.53. The molecular formula is C27H13Br2FN2O. The van der Waals surface area contributed by atoms with E-state index in [9.17, 15) is 9.18 Å². The second-order valence-electron chi connectivity index (χ2n) is 7.78. The fourth-order valence-corrected chi connectivity index (χ4v) is 5.14. The highest BCUT2D eigenvalue weighted by atomic mass is 79.9. The Bertz CT molecular complexity index is 1780. The van der Waals surface area contributed by atoms with Crippen molar-refractivity contribution in [2.45, 2.75) is 0 Å². The van der Waals surface area contributed by atoms with Gasteiger partial charge in [-0.05, 0) is 41.1 Å².